The van der Waals surface area contributed by atoms with E-state index in [1.54, 1.807) is 43.5 Å². The molecule has 116 valence electrons. The molecule has 0 atom stereocenters. The van der Waals surface area contributed by atoms with Crippen LogP contribution in [0.4, 0.5) is 4.39 Å². The monoisotopic (exact) mass is 375 g/mol. The van der Waals surface area contributed by atoms with Gasteiger partial charge in [-0.3, -0.25) is 0 Å². The molecule has 2 aromatic carbocycles. The fourth-order valence-electron chi connectivity index (χ4n) is 2.06. The van der Waals surface area contributed by atoms with Gasteiger partial charge in [0.2, 0.25) is 5.90 Å². The lowest BCUT2D eigenvalue weighted by Crippen LogP contribution is -2.06. The van der Waals surface area contributed by atoms with Gasteiger partial charge in [0.05, 0.1) is 12.7 Å². The van der Waals surface area contributed by atoms with Gasteiger partial charge in [-0.15, -0.1) is 0 Å². The van der Waals surface area contributed by atoms with Gasteiger partial charge in [-0.05, 0) is 46.3 Å². The van der Waals surface area contributed by atoms with E-state index in [4.69, 9.17) is 9.47 Å². The van der Waals surface area contributed by atoms with Crippen LogP contribution in [0.25, 0.3) is 6.08 Å². The van der Waals surface area contributed by atoms with Crippen molar-refractivity contribution < 1.29 is 18.7 Å². The summed E-state index contributed by atoms with van der Waals surface area (Å²) in [7, 11) is 1.56. The van der Waals surface area contributed by atoms with Gasteiger partial charge in [0.15, 0.2) is 5.70 Å². The van der Waals surface area contributed by atoms with Gasteiger partial charge in [0, 0.05) is 10.0 Å². The Labute approximate surface area is 140 Å². The molecule has 0 fully saturated rings. The summed E-state index contributed by atoms with van der Waals surface area (Å²) in [5, 5.41) is 0. The molecule has 1 aliphatic heterocycles. The minimum atomic E-state index is -0.619. The van der Waals surface area contributed by atoms with Crippen LogP contribution in [-0.2, 0) is 9.53 Å². The zero-order valence-electron chi connectivity index (χ0n) is 12.0. The first kappa shape index (κ1) is 15.4. The lowest BCUT2D eigenvalue weighted by Gasteiger charge is -2.05. The highest BCUT2D eigenvalue weighted by molar-refractivity contribution is 9.10. The molecular formula is C17H11BrFNO3. The average Bonchev–Trinajstić information content (AvgIpc) is 2.90. The van der Waals surface area contributed by atoms with Crippen molar-refractivity contribution in [3.05, 3.63) is 69.6 Å². The molecule has 3 rings (SSSR count). The van der Waals surface area contributed by atoms with Crippen molar-refractivity contribution in [2.75, 3.05) is 7.11 Å². The minimum absolute atomic E-state index is 0.0489. The van der Waals surface area contributed by atoms with E-state index in [1.807, 2.05) is 0 Å². The second kappa shape index (κ2) is 6.34. The van der Waals surface area contributed by atoms with Crippen LogP contribution in [0.5, 0.6) is 5.75 Å². The van der Waals surface area contributed by atoms with Gasteiger partial charge in [-0.1, -0.05) is 18.2 Å². The standard InChI is InChI=1S/C17H11BrFNO3/c1-22-11-6-7-12(13(18)9-11)16-20-15(17(21)23-16)8-10-4-2-3-5-14(10)19/h2-9H,1H3. The molecule has 0 unspecified atom stereocenters. The quantitative estimate of drug-likeness (QED) is 0.602. The number of methoxy groups -OCH3 is 1. The highest BCUT2D eigenvalue weighted by Crippen LogP contribution is 2.27. The number of cyclic esters (lactones) is 1. The first-order valence-corrected chi connectivity index (χ1v) is 7.49. The van der Waals surface area contributed by atoms with Gasteiger partial charge in [-0.2, -0.15) is 0 Å². The van der Waals surface area contributed by atoms with Crippen molar-refractivity contribution in [1.82, 2.24) is 0 Å². The summed E-state index contributed by atoms with van der Waals surface area (Å²) in [5.41, 5.74) is 0.933. The zero-order chi connectivity index (χ0) is 16.4. The van der Waals surface area contributed by atoms with Crippen LogP contribution < -0.4 is 4.74 Å². The smallest absolute Gasteiger partial charge is 0.363 e. The summed E-state index contributed by atoms with van der Waals surface area (Å²) in [6.45, 7) is 0. The summed E-state index contributed by atoms with van der Waals surface area (Å²) in [6.07, 6.45) is 1.36. The van der Waals surface area contributed by atoms with Crippen molar-refractivity contribution in [3.63, 3.8) is 0 Å². The number of rotatable bonds is 3. The number of nitrogens with zero attached hydrogens (tertiary/aromatic N) is 1. The van der Waals surface area contributed by atoms with Gasteiger partial charge in [0.1, 0.15) is 11.6 Å². The predicted octanol–water partition coefficient (Wildman–Crippen LogP) is 3.94. The number of benzene rings is 2. The van der Waals surface area contributed by atoms with Crippen molar-refractivity contribution in [2.24, 2.45) is 4.99 Å². The Morgan fingerprint density at radius 3 is 2.74 bits per heavy atom. The number of halogens is 2. The molecule has 0 bridgehead atoms. The maximum atomic E-state index is 13.7. The van der Waals surface area contributed by atoms with E-state index in [0.717, 1.165) is 0 Å². The molecule has 0 radical (unpaired) electrons. The largest absolute Gasteiger partial charge is 0.497 e. The van der Waals surface area contributed by atoms with Crippen LogP contribution >= 0.6 is 15.9 Å². The normalized spacial score (nSPS) is 15.5. The van der Waals surface area contributed by atoms with E-state index in [-0.39, 0.29) is 17.2 Å². The number of carbonyl (C=O) groups is 1. The van der Waals surface area contributed by atoms with Crippen LogP contribution in [0.2, 0.25) is 0 Å². The molecule has 0 aliphatic carbocycles. The Morgan fingerprint density at radius 2 is 2.04 bits per heavy atom. The maximum absolute atomic E-state index is 13.7. The molecule has 4 nitrogen and oxygen atoms in total. The number of ether oxygens (including phenoxy) is 2. The highest BCUT2D eigenvalue weighted by Gasteiger charge is 2.25. The molecule has 0 amide bonds. The molecule has 1 aliphatic rings. The predicted molar refractivity (Wildman–Crippen MR) is 87.7 cm³/mol. The maximum Gasteiger partial charge on any atom is 0.363 e. The fourth-order valence-corrected chi connectivity index (χ4v) is 2.59. The van der Waals surface area contributed by atoms with Gasteiger partial charge < -0.3 is 9.47 Å². The van der Waals surface area contributed by atoms with E-state index in [1.165, 1.54) is 12.1 Å². The Kier molecular flexibility index (Phi) is 4.25. The van der Waals surface area contributed by atoms with Crippen molar-refractivity contribution in [1.29, 1.82) is 0 Å². The van der Waals surface area contributed by atoms with E-state index >= 15 is 0 Å². The Balaban J connectivity index is 1.97. The van der Waals surface area contributed by atoms with E-state index in [9.17, 15) is 9.18 Å². The summed E-state index contributed by atoms with van der Waals surface area (Å²) >= 11 is 3.38. The number of hydrogen-bond donors (Lipinski definition) is 0. The van der Waals surface area contributed by atoms with Gasteiger partial charge in [0.25, 0.3) is 0 Å². The van der Waals surface area contributed by atoms with Crippen LogP contribution in [0.1, 0.15) is 11.1 Å². The molecular weight excluding hydrogens is 365 g/mol. The van der Waals surface area contributed by atoms with E-state index in [0.29, 0.717) is 15.8 Å². The minimum Gasteiger partial charge on any atom is -0.497 e. The summed E-state index contributed by atoms with van der Waals surface area (Å²) in [6, 6.07) is 11.3. The third kappa shape index (κ3) is 3.17. The Hall–Kier alpha value is -2.47. The molecule has 6 heteroatoms. The summed E-state index contributed by atoms with van der Waals surface area (Å²) in [5.74, 6) is -0.229. The molecule has 0 aromatic heterocycles. The fraction of sp³-hybridized carbons (Fsp3) is 0.0588. The SMILES string of the molecule is COc1ccc(C2=NC(=Cc3ccccc3F)C(=O)O2)c(Br)c1. The topological polar surface area (TPSA) is 47.9 Å². The molecule has 2 aromatic rings. The third-order valence-electron chi connectivity index (χ3n) is 3.22. The number of esters is 1. The second-order valence-electron chi connectivity index (χ2n) is 4.70. The molecule has 0 saturated carbocycles. The molecule has 23 heavy (non-hydrogen) atoms. The zero-order valence-corrected chi connectivity index (χ0v) is 13.6. The molecule has 0 spiro atoms. The molecule has 0 saturated heterocycles. The number of carbonyl (C=O) groups excluding carboxylic acids is 1. The van der Waals surface area contributed by atoms with Gasteiger partial charge in [-0.25, -0.2) is 14.2 Å². The number of aliphatic imine (C=N–C) groups is 1. The van der Waals surface area contributed by atoms with E-state index in [2.05, 4.69) is 20.9 Å². The van der Waals surface area contributed by atoms with Crippen LogP contribution in [0.3, 0.4) is 0 Å². The van der Waals surface area contributed by atoms with Crippen LogP contribution in [0.15, 0.2) is 57.6 Å². The number of hydrogen-bond acceptors (Lipinski definition) is 4. The lowest BCUT2D eigenvalue weighted by atomic mass is 10.2. The average molecular weight is 376 g/mol. The molecule has 0 N–H and O–H groups in total. The molecule has 1 heterocycles. The lowest BCUT2D eigenvalue weighted by molar-refractivity contribution is -0.129. The first-order valence-electron chi connectivity index (χ1n) is 6.69. The van der Waals surface area contributed by atoms with Crippen LogP contribution in [0, 0.1) is 5.82 Å². The summed E-state index contributed by atoms with van der Waals surface area (Å²) in [4.78, 5) is 16.1. The van der Waals surface area contributed by atoms with Crippen molar-refractivity contribution in [2.45, 2.75) is 0 Å². The Bertz CT molecular complexity index is 845. The first-order chi connectivity index (χ1) is 11.1. The Morgan fingerprint density at radius 1 is 1.26 bits per heavy atom. The van der Waals surface area contributed by atoms with Crippen molar-refractivity contribution in [3.8, 4) is 5.75 Å². The summed E-state index contributed by atoms with van der Waals surface area (Å²) < 4.78 is 24.6. The van der Waals surface area contributed by atoms with Crippen LogP contribution in [-0.4, -0.2) is 19.0 Å². The van der Waals surface area contributed by atoms with Gasteiger partial charge >= 0.3 is 5.97 Å². The van der Waals surface area contributed by atoms with E-state index < -0.39 is 11.8 Å². The third-order valence-corrected chi connectivity index (χ3v) is 3.88. The van der Waals surface area contributed by atoms with Crippen molar-refractivity contribution >= 4 is 33.9 Å². The highest BCUT2D eigenvalue weighted by atomic mass is 79.9. The second-order valence-corrected chi connectivity index (χ2v) is 5.56.